The van der Waals surface area contributed by atoms with Crippen molar-refractivity contribution in [3.05, 3.63) is 40.3 Å². The summed E-state index contributed by atoms with van der Waals surface area (Å²) in [5.41, 5.74) is 1.37. The second-order valence-corrected chi connectivity index (χ2v) is 8.57. The van der Waals surface area contributed by atoms with Gasteiger partial charge in [-0.1, -0.05) is 6.07 Å². The molecule has 0 radical (unpaired) electrons. The van der Waals surface area contributed by atoms with Gasteiger partial charge in [0.05, 0.1) is 6.20 Å². The molecule has 0 spiro atoms. The predicted octanol–water partition coefficient (Wildman–Crippen LogP) is 1.91. The SMILES string of the molecule is CN1CCN([C@@H]2CCN(Cc3cccs3)[C@H]2Cc2cnn(C)c2)CC1. The molecule has 136 valence electrons. The average Bonchev–Trinajstić information content (AvgIpc) is 3.33. The molecule has 0 bridgehead atoms. The van der Waals surface area contributed by atoms with Crippen LogP contribution >= 0.6 is 11.3 Å². The van der Waals surface area contributed by atoms with E-state index in [-0.39, 0.29) is 0 Å². The molecule has 5 nitrogen and oxygen atoms in total. The van der Waals surface area contributed by atoms with Crippen LogP contribution < -0.4 is 0 Å². The second kappa shape index (κ2) is 7.58. The summed E-state index contributed by atoms with van der Waals surface area (Å²) in [5, 5.41) is 6.58. The number of aromatic nitrogens is 2. The van der Waals surface area contributed by atoms with Crippen LogP contribution in [0.15, 0.2) is 29.9 Å². The van der Waals surface area contributed by atoms with Crippen molar-refractivity contribution >= 4 is 11.3 Å². The fourth-order valence-corrected chi connectivity index (χ4v) is 5.09. The largest absolute Gasteiger partial charge is 0.304 e. The molecule has 2 fully saturated rings. The lowest BCUT2D eigenvalue weighted by molar-refractivity contribution is 0.0853. The van der Waals surface area contributed by atoms with Crippen molar-refractivity contribution in [1.29, 1.82) is 0 Å². The van der Waals surface area contributed by atoms with Gasteiger partial charge in [0.2, 0.25) is 0 Å². The van der Waals surface area contributed by atoms with Gasteiger partial charge in [-0.05, 0) is 36.9 Å². The highest BCUT2D eigenvalue weighted by atomic mass is 32.1. The van der Waals surface area contributed by atoms with Crippen LogP contribution in [0.4, 0.5) is 0 Å². The third-order valence-corrected chi connectivity index (χ3v) is 6.64. The number of rotatable bonds is 5. The number of hydrogen-bond acceptors (Lipinski definition) is 5. The lowest BCUT2D eigenvalue weighted by atomic mass is 10.00. The van der Waals surface area contributed by atoms with Gasteiger partial charge < -0.3 is 4.90 Å². The van der Waals surface area contributed by atoms with Crippen LogP contribution in [0.3, 0.4) is 0 Å². The highest BCUT2D eigenvalue weighted by molar-refractivity contribution is 7.09. The van der Waals surface area contributed by atoms with E-state index >= 15 is 0 Å². The van der Waals surface area contributed by atoms with E-state index in [4.69, 9.17) is 0 Å². The van der Waals surface area contributed by atoms with Gasteiger partial charge in [-0.2, -0.15) is 5.10 Å². The van der Waals surface area contributed by atoms with Crippen molar-refractivity contribution in [3.8, 4) is 0 Å². The Balaban J connectivity index is 1.50. The zero-order chi connectivity index (χ0) is 17.2. The zero-order valence-corrected chi connectivity index (χ0v) is 16.2. The van der Waals surface area contributed by atoms with Crippen LogP contribution in [0.5, 0.6) is 0 Å². The summed E-state index contributed by atoms with van der Waals surface area (Å²) in [7, 11) is 4.25. The third-order valence-electron chi connectivity index (χ3n) is 5.77. The van der Waals surface area contributed by atoms with Crippen molar-refractivity contribution in [2.24, 2.45) is 7.05 Å². The van der Waals surface area contributed by atoms with E-state index in [0.717, 1.165) is 13.0 Å². The van der Waals surface area contributed by atoms with Gasteiger partial charge >= 0.3 is 0 Å². The lowest BCUT2D eigenvalue weighted by Crippen LogP contribution is -2.53. The monoisotopic (exact) mass is 359 g/mol. The highest BCUT2D eigenvalue weighted by Gasteiger charge is 2.38. The summed E-state index contributed by atoms with van der Waals surface area (Å²) in [4.78, 5) is 9.39. The van der Waals surface area contributed by atoms with E-state index in [9.17, 15) is 0 Å². The molecule has 2 aliphatic rings. The van der Waals surface area contributed by atoms with Crippen LogP contribution in [-0.4, -0.2) is 76.3 Å². The number of likely N-dealkylation sites (N-methyl/N-ethyl adjacent to an activating group) is 1. The van der Waals surface area contributed by atoms with E-state index in [1.807, 2.05) is 29.3 Å². The summed E-state index contributed by atoms with van der Waals surface area (Å²) in [5.74, 6) is 0. The number of aryl methyl sites for hydroxylation is 1. The smallest absolute Gasteiger partial charge is 0.0522 e. The zero-order valence-electron chi connectivity index (χ0n) is 15.3. The van der Waals surface area contributed by atoms with Crippen LogP contribution in [0.2, 0.25) is 0 Å². The normalized spacial score (nSPS) is 26.5. The van der Waals surface area contributed by atoms with E-state index in [1.165, 1.54) is 49.6 Å². The number of thiophene rings is 1. The molecule has 0 N–H and O–H groups in total. The summed E-state index contributed by atoms with van der Waals surface area (Å²) in [6.07, 6.45) is 6.63. The van der Waals surface area contributed by atoms with Crippen molar-refractivity contribution in [2.45, 2.75) is 31.5 Å². The topological polar surface area (TPSA) is 27.5 Å². The quantitative estimate of drug-likeness (QED) is 0.815. The Kier molecular flexibility index (Phi) is 5.22. The summed E-state index contributed by atoms with van der Waals surface area (Å²) >= 11 is 1.88. The molecule has 2 aliphatic heterocycles. The number of piperazine rings is 1. The van der Waals surface area contributed by atoms with Gasteiger partial charge in [0.15, 0.2) is 0 Å². The molecule has 0 amide bonds. The van der Waals surface area contributed by atoms with Gasteiger partial charge in [0.1, 0.15) is 0 Å². The molecule has 2 atom stereocenters. The Morgan fingerprint density at radius 1 is 1.16 bits per heavy atom. The maximum Gasteiger partial charge on any atom is 0.0522 e. The highest BCUT2D eigenvalue weighted by Crippen LogP contribution is 2.29. The Labute approximate surface area is 154 Å². The van der Waals surface area contributed by atoms with E-state index in [2.05, 4.69) is 50.6 Å². The van der Waals surface area contributed by atoms with Crippen molar-refractivity contribution in [1.82, 2.24) is 24.5 Å². The first-order valence-electron chi connectivity index (χ1n) is 9.35. The Morgan fingerprint density at radius 2 is 2.00 bits per heavy atom. The van der Waals surface area contributed by atoms with Crippen molar-refractivity contribution < 1.29 is 0 Å². The molecule has 2 aromatic rings. The Morgan fingerprint density at radius 3 is 2.68 bits per heavy atom. The molecule has 4 heterocycles. The number of nitrogens with zero attached hydrogens (tertiary/aromatic N) is 5. The molecule has 0 aliphatic carbocycles. The molecule has 2 saturated heterocycles. The first kappa shape index (κ1) is 17.2. The van der Waals surface area contributed by atoms with Gasteiger partial charge in [0.25, 0.3) is 0 Å². The summed E-state index contributed by atoms with van der Waals surface area (Å²) in [6.45, 7) is 7.10. The van der Waals surface area contributed by atoms with Crippen molar-refractivity contribution in [2.75, 3.05) is 39.8 Å². The van der Waals surface area contributed by atoms with Gasteiger partial charge in [-0.15, -0.1) is 11.3 Å². The average molecular weight is 360 g/mol. The Bertz CT molecular complexity index is 659. The fourth-order valence-electron chi connectivity index (χ4n) is 4.36. The minimum Gasteiger partial charge on any atom is -0.304 e. The third kappa shape index (κ3) is 3.97. The lowest BCUT2D eigenvalue weighted by Gasteiger charge is -2.40. The summed E-state index contributed by atoms with van der Waals surface area (Å²) in [6, 6.07) is 5.71. The van der Waals surface area contributed by atoms with Crippen LogP contribution in [0.25, 0.3) is 0 Å². The van der Waals surface area contributed by atoms with Crippen LogP contribution in [-0.2, 0) is 20.0 Å². The second-order valence-electron chi connectivity index (χ2n) is 7.54. The minimum atomic E-state index is 0.592. The molecule has 0 aromatic carbocycles. The molecule has 2 aromatic heterocycles. The minimum absolute atomic E-state index is 0.592. The molecule has 6 heteroatoms. The van der Waals surface area contributed by atoms with Crippen LogP contribution in [0.1, 0.15) is 16.9 Å². The number of likely N-dealkylation sites (tertiary alicyclic amines) is 1. The number of hydrogen-bond donors (Lipinski definition) is 0. The van der Waals surface area contributed by atoms with Crippen molar-refractivity contribution in [3.63, 3.8) is 0 Å². The summed E-state index contributed by atoms with van der Waals surface area (Å²) < 4.78 is 1.93. The molecule has 0 saturated carbocycles. The molecule has 4 rings (SSSR count). The molecule has 0 unspecified atom stereocenters. The standard InChI is InChI=1S/C19H29N5S/c1-21-7-9-23(10-8-21)18-5-6-24(15-17-4-3-11-25-17)19(18)12-16-13-20-22(2)14-16/h3-4,11,13-14,18-19H,5-10,12,15H2,1-2H3/t18-,19+/m1/s1. The van der Waals surface area contributed by atoms with Crippen LogP contribution in [0, 0.1) is 0 Å². The Hall–Kier alpha value is -1.21. The van der Waals surface area contributed by atoms with E-state index in [0.29, 0.717) is 12.1 Å². The maximum absolute atomic E-state index is 4.39. The van der Waals surface area contributed by atoms with E-state index in [1.54, 1.807) is 0 Å². The van der Waals surface area contributed by atoms with Gasteiger partial charge in [0, 0.05) is 69.5 Å². The fraction of sp³-hybridized carbons (Fsp3) is 0.632. The first-order chi connectivity index (χ1) is 12.2. The first-order valence-corrected chi connectivity index (χ1v) is 10.2. The molecular weight excluding hydrogens is 330 g/mol. The maximum atomic E-state index is 4.39. The molecule has 25 heavy (non-hydrogen) atoms. The van der Waals surface area contributed by atoms with Gasteiger partial charge in [-0.25, -0.2) is 0 Å². The predicted molar refractivity (Wildman–Crippen MR) is 103 cm³/mol. The van der Waals surface area contributed by atoms with E-state index < -0.39 is 0 Å². The van der Waals surface area contributed by atoms with Gasteiger partial charge in [-0.3, -0.25) is 14.5 Å². The molecular formula is C19H29N5S.